The van der Waals surface area contributed by atoms with E-state index in [0.29, 0.717) is 5.95 Å². The number of hydrogen-bond donors (Lipinski definition) is 0. The van der Waals surface area contributed by atoms with Gasteiger partial charge in [0.2, 0.25) is 5.95 Å². The highest BCUT2D eigenvalue weighted by Gasteiger charge is 2.52. The van der Waals surface area contributed by atoms with Crippen molar-refractivity contribution in [3.8, 4) is 23.0 Å². The lowest BCUT2D eigenvalue weighted by Gasteiger charge is -2.45. The van der Waals surface area contributed by atoms with Gasteiger partial charge in [0.25, 0.3) is 5.91 Å². The van der Waals surface area contributed by atoms with E-state index in [-0.39, 0.29) is 5.91 Å². The molecule has 0 spiro atoms. The van der Waals surface area contributed by atoms with E-state index in [9.17, 15) is 4.79 Å². The number of anilines is 2. The lowest BCUT2D eigenvalue weighted by molar-refractivity contribution is -0.123. The average Bonchev–Trinajstić information content (AvgIpc) is 3.63. The van der Waals surface area contributed by atoms with Gasteiger partial charge < -0.3 is 9.80 Å². The molecule has 1 saturated heterocycles. The number of imidazole rings is 1. The number of hydrogen-bond acceptors (Lipinski definition) is 6. The van der Waals surface area contributed by atoms with Gasteiger partial charge in [-0.3, -0.25) is 9.36 Å². The van der Waals surface area contributed by atoms with Crippen LogP contribution in [0.1, 0.15) is 26.2 Å². The summed E-state index contributed by atoms with van der Waals surface area (Å²) >= 11 is 0. The molecule has 0 saturated carbocycles. The highest BCUT2D eigenvalue weighted by atomic mass is 16.2. The van der Waals surface area contributed by atoms with Crippen LogP contribution in [0.15, 0.2) is 61.3 Å². The molecule has 2 aliphatic rings. The summed E-state index contributed by atoms with van der Waals surface area (Å²) in [6.45, 7) is 2.90. The molecule has 33 heavy (non-hydrogen) atoms. The zero-order chi connectivity index (χ0) is 22.6. The lowest BCUT2D eigenvalue weighted by Crippen LogP contribution is -2.59. The molecule has 0 radical (unpaired) electrons. The first-order valence-corrected chi connectivity index (χ1v) is 11.2. The van der Waals surface area contributed by atoms with Crippen molar-refractivity contribution in [2.45, 2.75) is 31.7 Å². The van der Waals surface area contributed by atoms with E-state index in [0.717, 1.165) is 54.4 Å². The molecule has 1 aromatic carbocycles. The first kappa shape index (κ1) is 19.7. The molecule has 6 rings (SSSR count). The van der Waals surface area contributed by atoms with E-state index in [1.54, 1.807) is 23.5 Å². The topological polar surface area (TPSA) is 85.0 Å². The Kier molecular flexibility index (Phi) is 4.33. The van der Waals surface area contributed by atoms with E-state index in [1.165, 1.54) is 0 Å². The molecule has 9 nitrogen and oxygen atoms in total. The summed E-state index contributed by atoms with van der Waals surface area (Å²) in [4.78, 5) is 31.3. The van der Waals surface area contributed by atoms with Crippen molar-refractivity contribution in [1.82, 2.24) is 29.3 Å². The largest absolute Gasteiger partial charge is 0.340 e. The van der Waals surface area contributed by atoms with Gasteiger partial charge in [0.15, 0.2) is 5.82 Å². The minimum Gasteiger partial charge on any atom is -0.340 e. The lowest BCUT2D eigenvalue weighted by atomic mass is 9.89. The van der Waals surface area contributed by atoms with Gasteiger partial charge in [-0.05, 0) is 37.5 Å². The fourth-order valence-electron chi connectivity index (χ4n) is 5.15. The van der Waals surface area contributed by atoms with Gasteiger partial charge in [0, 0.05) is 43.9 Å². The number of likely N-dealkylation sites (N-methyl/N-ethyl adjacent to an activating group) is 1. The molecule has 0 aliphatic carbocycles. The van der Waals surface area contributed by atoms with Crippen molar-refractivity contribution < 1.29 is 4.79 Å². The molecule has 0 unspecified atom stereocenters. The fourth-order valence-corrected chi connectivity index (χ4v) is 5.15. The Morgan fingerprint density at radius 3 is 2.85 bits per heavy atom. The molecule has 0 bridgehead atoms. The third-order valence-electron chi connectivity index (χ3n) is 6.86. The number of benzene rings is 1. The first-order valence-electron chi connectivity index (χ1n) is 11.2. The highest BCUT2D eigenvalue weighted by Crippen LogP contribution is 2.45. The number of rotatable bonds is 4. The average molecular weight is 441 g/mol. The van der Waals surface area contributed by atoms with E-state index in [4.69, 9.17) is 4.98 Å². The van der Waals surface area contributed by atoms with Crippen LogP contribution in [0.5, 0.6) is 0 Å². The van der Waals surface area contributed by atoms with Crippen molar-refractivity contribution in [3.05, 3.63) is 61.3 Å². The third kappa shape index (κ3) is 2.81. The molecular weight excluding hydrogens is 416 g/mol. The minimum absolute atomic E-state index is 0.130. The van der Waals surface area contributed by atoms with Crippen molar-refractivity contribution in [3.63, 3.8) is 0 Å². The summed E-state index contributed by atoms with van der Waals surface area (Å²) in [5.74, 6) is 2.22. The SMILES string of the molecule is CC[C@@]12CCCN1c1nc(-n3ccnc3-c3cccc(-n4cccn4)c3)ncc1N(C)C2=O. The molecule has 2 aliphatic heterocycles. The van der Waals surface area contributed by atoms with Crippen LogP contribution >= 0.6 is 0 Å². The molecule has 1 atom stereocenters. The Balaban J connectivity index is 1.45. The maximum Gasteiger partial charge on any atom is 0.252 e. The van der Waals surface area contributed by atoms with Gasteiger partial charge in [0.05, 0.1) is 11.9 Å². The Morgan fingerprint density at radius 2 is 2.03 bits per heavy atom. The van der Waals surface area contributed by atoms with Crippen molar-refractivity contribution in [2.75, 3.05) is 23.4 Å². The summed E-state index contributed by atoms with van der Waals surface area (Å²) in [5, 5.41) is 4.32. The van der Waals surface area contributed by atoms with E-state index in [1.807, 2.05) is 59.0 Å². The second-order valence-electron chi connectivity index (χ2n) is 8.51. The molecule has 1 fully saturated rings. The van der Waals surface area contributed by atoms with E-state index in [2.05, 4.69) is 26.9 Å². The highest BCUT2D eigenvalue weighted by molar-refractivity contribution is 6.07. The van der Waals surface area contributed by atoms with Crippen LogP contribution in [0.4, 0.5) is 11.5 Å². The van der Waals surface area contributed by atoms with Crippen LogP contribution in [0.2, 0.25) is 0 Å². The Bertz CT molecular complexity index is 1340. The molecule has 1 amide bonds. The molecule has 166 valence electrons. The number of carbonyl (C=O) groups is 1. The van der Waals surface area contributed by atoms with Gasteiger partial charge in [-0.2, -0.15) is 10.1 Å². The predicted molar refractivity (Wildman–Crippen MR) is 125 cm³/mol. The number of amides is 1. The molecule has 0 N–H and O–H groups in total. The predicted octanol–water partition coefficient (Wildman–Crippen LogP) is 3.24. The van der Waals surface area contributed by atoms with Gasteiger partial charge in [-0.25, -0.2) is 14.6 Å². The number of carbonyl (C=O) groups excluding carboxylic acids is 1. The van der Waals surface area contributed by atoms with Crippen LogP contribution < -0.4 is 9.80 Å². The second kappa shape index (κ2) is 7.26. The summed E-state index contributed by atoms with van der Waals surface area (Å²) in [6, 6.07) is 9.94. The van der Waals surface area contributed by atoms with Crippen molar-refractivity contribution in [1.29, 1.82) is 0 Å². The second-order valence-corrected chi connectivity index (χ2v) is 8.51. The first-order chi connectivity index (χ1) is 16.1. The summed E-state index contributed by atoms with van der Waals surface area (Å²) in [7, 11) is 1.82. The monoisotopic (exact) mass is 440 g/mol. The van der Waals surface area contributed by atoms with Gasteiger partial charge in [-0.1, -0.05) is 19.1 Å². The van der Waals surface area contributed by atoms with E-state index >= 15 is 0 Å². The Hall–Kier alpha value is -4.01. The van der Waals surface area contributed by atoms with Crippen LogP contribution in [-0.4, -0.2) is 54.3 Å². The van der Waals surface area contributed by atoms with Crippen LogP contribution in [0.3, 0.4) is 0 Å². The number of nitrogens with zero attached hydrogens (tertiary/aromatic N) is 8. The van der Waals surface area contributed by atoms with Crippen molar-refractivity contribution >= 4 is 17.4 Å². The Labute approximate surface area is 191 Å². The summed E-state index contributed by atoms with van der Waals surface area (Å²) < 4.78 is 3.71. The number of aromatic nitrogens is 6. The van der Waals surface area contributed by atoms with E-state index < -0.39 is 5.54 Å². The fraction of sp³-hybridized carbons (Fsp3) is 0.292. The van der Waals surface area contributed by atoms with Gasteiger partial charge >= 0.3 is 0 Å². The molecule has 9 heteroatoms. The summed E-state index contributed by atoms with van der Waals surface area (Å²) in [6.07, 6.45) is 11.6. The Morgan fingerprint density at radius 1 is 1.12 bits per heavy atom. The normalized spacial score (nSPS) is 19.6. The third-order valence-corrected chi connectivity index (χ3v) is 6.86. The van der Waals surface area contributed by atoms with Crippen LogP contribution in [0.25, 0.3) is 23.0 Å². The smallest absolute Gasteiger partial charge is 0.252 e. The molecular formula is C24H24N8O. The minimum atomic E-state index is -0.511. The maximum absolute atomic E-state index is 13.2. The van der Waals surface area contributed by atoms with Gasteiger partial charge in [0.1, 0.15) is 17.1 Å². The van der Waals surface area contributed by atoms with Crippen LogP contribution in [0, 0.1) is 0 Å². The maximum atomic E-state index is 13.2. The standard InChI is InChI=1S/C24H24N8O/c1-3-24-9-5-12-31(24)21-19(29(2)22(24)33)16-26-23(28-21)30-14-11-25-20(30)17-7-4-8-18(15-17)32-13-6-10-27-32/h4,6-8,10-11,13-16H,3,5,9,12H2,1-2H3/t24-/m0/s1. The molecule has 3 aromatic heterocycles. The zero-order valence-corrected chi connectivity index (χ0v) is 18.6. The zero-order valence-electron chi connectivity index (χ0n) is 18.6. The molecule has 5 heterocycles. The van der Waals surface area contributed by atoms with Gasteiger partial charge in [-0.15, -0.1) is 0 Å². The molecule has 4 aromatic rings. The quantitative estimate of drug-likeness (QED) is 0.484. The summed E-state index contributed by atoms with van der Waals surface area (Å²) in [5.41, 5.74) is 2.12. The number of fused-ring (bicyclic) bond motifs is 3. The van der Waals surface area contributed by atoms with Crippen LogP contribution in [-0.2, 0) is 4.79 Å². The van der Waals surface area contributed by atoms with Crippen molar-refractivity contribution in [2.24, 2.45) is 0 Å².